The molecule has 0 saturated heterocycles. The monoisotopic (exact) mass is 349 g/mol. The number of carbonyl (C=O) groups is 1. The molecule has 1 heterocycles. The number of rotatable bonds is 4. The molecule has 1 fully saturated rings. The van der Waals surface area contributed by atoms with Crippen LogP contribution in [0.4, 0.5) is 8.78 Å². The number of aromatic nitrogens is 2. The Kier molecular flexibility index (Phi) is 4.34. The number of hydrogen-bond acceptors (Lipinski definition) is 4. The maximum absolute atomic E-state index is 13.4. The average molecular weight is 349 g/mol. The number of carbonyl (C=O) groups excluding carboxylic acids is 1. The summed E-state index contributed by atoms with van der Waals surface area (Å²) in [4.78, 5) is 14.7. The van der Waals surface area contributed by atoms with Crippen molar-refractivity contribution in [2.24, 2.45) is 5.92 Å². The van der Waals surface area contributed by atoms with Crippen LogP contribution in [0, 0.1) is 24.5 Å². The molecule has 1 aliphatic carbocycles. The zero-order chi connectivity index (χ0) is 18.4. The molecule has 0 aliphatic heterocycles. The fourth-order valence-electron chi connectivity index (χ4n) is 2.96. The third-order valence-corrected chi connectivity index (χ3v) is 4.42. The van der Waals surface area contributed by atoms with Crippen molar-refractivity contribution in [3.63, 3.8) is 0 Å². The number of aryl methyl sites for hydroxylation is 1. The van der Waals surface area contributed by atoms with Crippen LogP contribution in [0.5, 0.6) is 0 Å². The lowest BCUT2D eigenvalue weighted by Crippen LogP contribution is -2.46. The Hall–Kier alpha value is -2.31. The topological polar surface area (TPSA) is 59.2 Å². The molecule has 1 saturated carbocycles. The second-order valence-corrected chi connectivity index (χ2v) is 7.43. The van der Waals surface area contributed by atoms with E-state index < -0.39 is 17.2 Å². The molecule has 0 N–H and O–H groups in total. The first kappa shape index (κ1) is 17.5. The average Bonchev–Trinajstić information content (AvgIpc) is 3.22. The summed E-state index contributed by atoms with van der Waals surface area (Å²) in [7, 11) is 0. The van der Waals surface area contributed by atoms with Gasteiger partial charge >= 0.3 is 0 Å². The number of amides is 1. The van der Waals surface area contributed by atoms with Crippen molar-refractivity contribution in [3.05, 3.63) is 47.2 Å². The van der Waals surface area contributed by atoms with Crippen molar-refractivity contribution in [1.29, 1.82) is 0 Å². The second kappa shape index (κ2) is 6.20. The van der Waals surface area contributed by atoms with Gasteiger partial charge in [-0.3, -0.25) is 4.79 Å². The summed E-state index contributed by atoms with van der Waals surface area (Å²) in [5, 5.41) is 7.75. The summed E-state index contributed by atoms with van der Waals surface area (Å²) < 4.78 is 31.9. The largest absolute Gasteiger partial charge is 0.424 e. The van der Waals surface area contributed by atoms with E-state index in [9.17, 15) is 13.6 Å². The minimum atomic E-state index is -0.885. The Morgan fingerprint density at radius 2 is 2.00 bits per heavy atom. The maximum Gasteiger partial charge on any atom is 0.235 e. The Labute approximate surface area is 145 Å². The second-order valence-electron chi connectivity index (χ2n) is 7.43. The van der Waals surface area contributed by atoms with Crippen LogP contribution in [-0.2, 0) is 11.3 Å². The molecular weight excluding hydrogens is 328 g/mol. The van der Waals surface area contributed by atoms with E-state index in [1.54, 1.807) is 17.9 Å². The predicted molar refractivity (Wildman–Crippen MR) is 86.5 cm³/mol. The molecule has 0 spiro atoms. The van der Waals surface area contributed by atoms with E-state index in [0.29, 0.717) is 23.8 Å². The van der Waals surface area contributed by atoms with Crippen LogP contribution in [0.3, 0.4) is 0 Å². The van der Waals surface area contributed by atoms with Gasteiger partial charge in [0.15, 0.2) is 11.6 Å². The zero-order valence-corrected chi connectivity index (χ0v) is 14.7. The summed E-state index contributed by atoms with van der Waals surface area (Å²) in [5.74, 6) is -1.31. The molecule has 1 aromatic heterocycles. The molecule has 0 unspecified atom stereocenters. The first-order chi connectivity index (χ1) is 11.7. The van der Waals surface area contributed by atoms with Gasteiger partial charge in [0, 0.05) is 18.4 Å². The van der Waals surface area contributed by atoms with Gasteiger partial charge in [0.25, 0.3) is 0 Å². The van der Waals surface area contributed by atoms with Gasteiger partial charge in [-0.25, -0.2) is 8.78 Å². The van der Waals surface area contributed by atoms with Crippen LogP contribution in [-0.4, -0.2) is 26.5 Å². The molecule has 0 radical (unpaired) electrons. The van der Waals surface area contributed by atoms with Crippen LogP contribution in [0.15, 0.2) is 22.6 Å². The van der Waals surface area contributed by atoms with Gasteiger partial charge in [-0.1, -0.05) is 6.07 Å². The summed E-state index contributed by atoms with van der Waals surface area (Å²) in [6, 6.07) is 3.82. The van der Waals surface area contributed by atoms with Crippen molar-refractivity contribution in [3.8, 4) is 0 Å². The van der Waals surface area contributed by atoms with E-state index in [1.165, 1.54) is 6.07 Å². The van der Waals surface area contributed by atoms with Gasteiger partial charge in [-0.05, 0) is 50.8 Å². The number of nitrogens with zero attached hydrogens (tertiary/aromatic N) is 3. The van der Waals surface area contributed by atoms with E-state index in [2.05, 4.69) is 10.2 Å². The Morgan fingerprint density at radius 3 is 2.56 bits per heavy atom. The Balaban J connectivity index is 1.76. The summed E-state index contributed by atoms with van der Waals surface area (Å²) in [6.07, 6.45) is 0.624. The molecule has 1 amide bonds. The van der Waals surface area contributed by atoms with Crippen LogP contribution < -0.4 is 0 Å². The van der Waals surface area contributed by atoms with E-state index in [4.69, 9.17) is 4.42 Å². The number of benzene rings is 1. The molecule has 25 heavy (non-hydrogen) atoms. The molecule has 134 valence electrons. The Morgan fingerprint density at radius 1 is 1.28 bits per heavy atom. The molecule has 2 atom stereocenters. The molecule has 3 rings (SSSR count). The molecule has 1 aromatic carbocycles. The minimum Gasteiger partial charge on any atom is -0.424 e. The smallest absolute Gasteiger partial charge is 0.235 e. The fourth-order valence-corrected chi connectivity index (χ4v) is 2.96. The summed E-state index contributed by atoms with van der Waals surface area (Å²) >= 11 is 0. The highest BCUT2D eigenvalue weighted by Crippen LogP contribution is 2.49. The highest BCUT2D eigenvalue weighted by Gasteiger charge is 2.48. The molecule has 5 nitrogen and oxygen atoms in total. The van der Waals surface area contributed by atoms with Crippen molar-refractivity contribution < 1.29 is 18.0 Å². The lowest BCUT2D eigenvalue weighted by atomic mass is 10.0. The lowest BCUT2D eigenvalue weighted by Gasteiger charge is -2.35. The molecule has 1 aliphatic rings. The number of hydrogen-bond donors (Lipinski definition) is 0. The zero-order valence-electron chi connectivity index (χ0n) is 14.7. The highest BCUT2D eigenvalue weighted by atomic mass is 19.2. The van der Waals surface area contributed by atoms with Gasteiger partial charge in [-0.15, -0.1) is 10.2 Å². The molecule has 2 aromatic rings. The van der Waals surface area contributed by atoms with E-state index in [1.807, 2.05) is 20.8 Å². The maximum atomic E-state index is 13.4. The van der Waals surface area contributed by atoms with E-state index >= 15 is 0 Å². The van der Waals surface area contributed by atoms with Crippen LogP contribution in [0.1, 0.15) is 50.5 Å². The highest BCUT2D eigenvalue weighted by molar-refractivity contribution is 5.83. The van der Waals surface area contributed by atoms with E-state index in [-0.39, 0.29) is 24.3 Å². The molecule has 0 bridgehead atoms. The standard InChI is InChI=1S/C18H21F2N3O2/c1-10-21-22-16(25-10)9-23(18(2,3)4)17(24)13-8-12(13)11-5-6-14(19)15(20)7-11/h5-7,12-13H,8-9H2,1-4H3/t12-,13-/m0/s1. The minimum absolute atomic E-state index is 0.0434. The van der Waals surface area contributed by atoms with Gasteiger partial charge in [0.2, 0.25) is 17.7 Å². The quantitative estimate of drug-likeness (QED) is 0.846. The van der Waals surface area contributed by atoms with Crippen molar-refractivity contribution in [1.82, 2.24) is 15.1 Å². The normalized spacial score (nSPS) is 19.8. The van der Waals surface area contributed by atoms with Gasteiger partial charge < -0.3 is 9.32 Å². The van der Waals surface area contributed by atoms with Crippen molar-refractivity contribution in [2.75, 3.05) is 0 Å². The third-order valence-electron chi connectivity index (χ3n) is 4.42. The third kappa shape index (κ3) is 3.70. The Bertz CT molecular complexity index is 798. The van der Waals surface area contributed by atoms with Crippen LogP contribution in [0.2, 0.25) is 0 Å². The SMILES string of the molecule is Cc1nnc(CN(C(=O)[C@H]2C[C@H]2c2ccc(F)c(F)c2)C(C)(C)C)o1. The van der Waals surface area contributed by atoms with Crippen molar-refractivity contribution in [2.45, 2.75) is 52.1 Å². The predicted octanol–water partition coefficient (Wildman–Crippen LogP) is 3.59. The first-order valence-corrected chi connectivity index (χ1v) is 8.22. The molecular formula is C18H21F2N3O2. The van der Waals surface area contributed by atoms with Gasteiger partial charge in [0.1, 0.15) is 0 Å². The van der Waals surface area contributed by atoms with Gasteiger partial charge in [-0.2, -0.15) is 0 Å². The van der Waals surface area contributed by atoms with E-state index in [0.717, 1.165) is 6.07 Å². The fraction of sp³-hybridized carbons (Fsp3) is 0.500. The number of halogens is 2. The summed E-state index contributed by atoms with van der Waals surface area (Å²) in [5.41, 5.74) is 0.223. The summed E-state index contributed by atoms with van der Waals surface area (Å²) in [6.45, 7) is 7.72. The van der Waals surface area contributed by atoms with Crippen LogP contribution in [0.25, 0.3) is 0 Å². The van der Waals surface area contributed by atoms with Crippen molar-refractivity contribution >= 4 is 5.91 Å². The first-order valence-electron chi connectivity index (χ1n) is 8.22. The van der Waals surface area contributed by atoms with Gasteiger partial charge in [0.05, 0.1) is 6.54 Å². The lowest BCUT2D eigenvalue weighted by molar-refractivity contribution is -0.138. The van der Waals surface area contributed by atoms with Crippen LogP contribution >= 0.6 is 0 Å². The molecule has 7 heteroatoms.